The second-order valence-electron chi connectivity index (χ2n) is 5.68. The molecule has 0 aliphatic carbocycles. The predicted molar refractivity (Wildman–Crippen MR) is 83.1 cm³/mol. The summed E-state index contributed by atoms with van der Waals surface area (Å²) in [7, 11) is 0. The number of rotatable bonds is 2. The first kappa shape index (κ1) is 14.6. The van der Waals surface area contributed by atoms with Gasteiger partial charge in [0.2, 0.25) is 11.6 Å². The van der Waals surface area contributed by atoms with Crippen molar-refractivity contribution in [2.75, 3.05) is 6.54 Å². The van der Waals surface area contributed by atoms with E-state index in [-0.39, 0.29) is 11.9 Å². The van der Waals surface area contributed by atoms with E-state index in [1.807, 2.05) is 25.1 Å². The Morgan fingerprint density at radius 3 is 2.68 bits per heavy atom. The number of hydrogen-bond acceptors (Lipinski definition) is 3. The van der Waals surface area contributed by atoms with Crippen molar-refractivity contribution in [3.05, 3.63) is 35.5 Å². The Balaban J connectivity index is 2.27. The van der Waals surface area contributed by atoms with E-state index in [0.29, 0.717) is 13.0 Å². The minimum absolute atomic E-state index is 0.0904. The summed E-state index contributed by atoms with van der Waals surface area (Å²) in [6.45, 7) is 5.37. The van der Waals surface area contributed by atoms with Gasteiger partial charge in [0.05, 0.1) is 5.69 Å². The first-order valence-electron chi connectivity index (χ1n) is 7.57. The standard InChI is InChI=1S/C17H20N2O3/c1-4-17(22-12(3)21)16-14(9-10-19(17)11(2)20)13-7-5-6-8-15(13)18-16/h5-8,18H,4,9-10H2,1-3H3. The fourth-order valence-electron chi connectivity index (χ4n) is 3.53. The number of hydrogen-bond donors (Lipinski definition) is 1. The van der Waals surface area contributed by atoms with Crippen molar-refractivity contribution in [2.45, 2.75) is 39.3 Å². The lowest BCUT2D eigenvalue weighted by atomic mass is 9.92. The highest BCUT2D eigenvalue weighted by Gasteiger charge is 2.47. The molecule has 1 amide bonds. The molecule has 0 bridgehead atoms. The van der Waals surface area contributed by atoms with Crippen LogP contribution in [0.3, 0.4) is 0 Å². The maximum absolute atomic E-state index is 12.1. The third-order valence-corrected chi connectivity index (χ3v) is 4.40. The van der Waals surface area contributed by atoms with Gasteiger partial charge in [0.1, 0.15) is 0 Å². The Kier molecular flexibility index (Phi) is 3.43. The van der Waals surface area contributed by atoms with Crippen LogP contribution in [-0.2, 0) is 26.5 Å². The number of H-pyrrole nitrogens is 1. The lowest BCUT2D eigenvalue weighted by Crippen LogP contribution is -2.54. The zero-order valence-electron chi connectivity index (χ0n) is 13.1. The van der Waals surface area contributed by atoms with Gasteiger partial charge in [-0.15, -0.1) is 0 Å². The van der Waals surface area contributed by atoms with Crippen LogP contribution >= 0.6 is 0 Å². The Morgan fingerprint density at radius 2 is 2.05 bits per heavy atom. The maximum atomic E-state index is 12.1. The van der Waals surface area contributed by atoms with E-state index in [9.17, 15) is 9.59 Å². The molecule has 5 nitrogen and oxygen atoms in total. The van der Waals surface area contributed by atoms with Gasteiger partial charge in [-0.25, -0.2) is 0 Å². The molecule has 0 saturated carbocycles. The normalized spacial score (nSPS) is 20.8. The second-order valence-corrected chi connectivity index (χ2v) is 5.68. The molecular weight excluding hydrogens is 280 g/mol. The summed E-state index contributed by atoms with van der Waals surface area (Å²) < 4.78 is 5.69. The van der Waals surface area contributed by atoms with Gasteiger partial charge < -0.3 is 9.72 Å². The van der Waals surface area contributed by atoms with E-state index < -0.39 is 5.72 Å². The number of nitrogens with zero attached hydrogens (tertiary/aromatic N) is 1. The monoisotopic (exact) mass is 300 g/mol. The van der Waals surface area contributed by atoms with Gasteiger partial charge in [-0.1, -0.05) is 25.1 Å². The van der Waals surface area contributed by atoms with Crippen LogP contribution < -0.4 is 0 Å². The number of nitrogens with one attached hydrogen (secondary N) is 1. The van der Waals surface area contributed by atoms with Crippen LogP contribution in [0.5, 0.6) is 0 Å². The number of amides is 1. The number of carbonyl (C=O) groups is 2. The highest BCUT2D eigenvalue weighted by Crippen LogP contribution is 2.42. The van der Waals surface area contributed by atoms with Gasteiger partial charge in [-0.3, -0.25) is 14.5 Å². The van der Waals surface area contributed by atoms with E-state index in [0.717, 1.165) is 28.6 Å². The highest BCUT2D eigenvalue weighted by atomic mass is 16.6. The van der Waals surface area contributed by atoms with Crippen LogP contribution in [0.2, 0.25) is 0 Å². The van der Waals surface area contributed by atoms with Crippen molar-refractivity contribution < 1.29 is 14.3 Å². The van der Waals surface area contributed by atoms with E-state index in [2.05, 4.69) is 11.1 Å². The summed E-state index contributed by atoms with van der Waals surface area (Å²) in [4.78, 5) is 28.8. The molecule has 5 heteroatoms. The van der Waals surface area contributed by atoms with Crippen LogP contribution in [0.1, 0.15) is 38.4 Å². The molecule has 0 spiro atoms. The van der Waals surface area contributed by atoms with Crippen molar-refractivity contribution in [2.24, 2.45) is 0 Å². The van der Waals surface area contributed by atoms with Gasteiger partial charge in [-0.05, 0) is 18.1 Å². The number of esters is 1. The van der Waals surface area contributed by atoms with Crippen molar-refractivity contribution in [3.8, 4) is 0 Å². The molecular formula is C17H20N2O3. The number of ether oxygens (including phenoxy) is 1. The summed E-state index contributed by atoms with van der Waals surface area (Å²) in [5.74, 6) is -0.480. The lowest BCUT2D eigenvalue weighted by Gasteiger charge is -2.44. The fraction of sp³-hybridized carbons (Fsp3) is 0.412. The topological polar surface area (TPSA) is 62.4 Å². The first-order valence-corrected chi connectivity index (χ1v) is 7.57. The number of aromatic amines is 1. The molecule has 2 heterocycles. The van der Waals surface area contributed by atoms with Crippen LogP contribution in [-0.4, -0.2) is 28.3 Å². The SMILES string of the molecule is CCC1(OC(C)=O)c2[nH]c3ccccc3c2CCN1C(C)=O. The van der Waals surface area contributed by atoms with Crippen LogP contribution in [0.15, 0.2) is 24.3 Å². The van der Waals surface area contributed by atoms with E-state index in [4.69, 9.17) is 4.74 Å². The minimum atomic E-state index is -1.04. The molecule has 3 rings (SSSR count). The Labute approximate surface area is 129 Å². The fourth-order valence-corrected chi connectivity index (χ4v) is 3.53. The molecule has 1 aliphatic rings. The molecule has 1 N–H and O–H groups in total. The summed E-state index contributed by atoms with van der Waals surface area (Å²) >= 11 is 0. The molecule has 0 fully saturated rings. The highest BCUT2D eigenvalue weighted by molar-refractivity contribution is 5.86. The van der Waals surface area contributed by atoms with Crippen molar-refractivity contribution >= 4 is 22.8 Å². The van der Waals surface area contributed by atoms with E-state index >= 15 is 0 Å². The Morgan fingerprint density at radius 1 is 1.32 bits per heavy atom. The quantitative estimate of drug-likeness (QED) is 0.867. The molecule has 0 radical (unpaired) electrons. The number of carbonyl (C=O) groups excluding carboxylic acids is 2. The molecule has 0 saturated heterocycles. The average Bonchev–Trinajstić information content (AvgIpc) is 2.86. The molecule has 1 aliphatic heterocycles. The molecule has 116 valence electrons. The van der Waals surface area contributed by atoms with Gasteiger partial charge in [0.15, 0.2) is 0 Å². The second kappa shape index (κ2) is 5.16. The van der Waals surface area contributed by atoms with Gasteiger partial charge in [0, 0.05) is 37.7 Å². The largest absolute Gasteiger partial charge is 0.433 e. The van der Waals surface area contributed by atoms with Crippen molar-refractivity contribution in [1.29, 1.82) is 0 Å². The smallest absolute Gasteiger partial charge is 0.305 e. The molecule has 1 aromatic carbocycles. The summed E-state index contributed by atoms with van der Waals surface area (Å²) in [5.41, 5.74) is 1.93. The number of fused-ring (bicyclic) bond motifs is 3. The molecule has 1 aromatic heterocycles. The predicted octanol–water partition coefficient (Wildman–Crippen LogP) is 2.70. The lowest BCUT2D eigenvalue weighted by molar-refractivity contribution is -0.195. The van der Waals surface area contributed by atoms with Gasteiger partial charge in [-0.2, -0.15) is 0 Å². The summed E-state index contributed by atoms with van der Waals surface area (Å²) in [6, 6.07) is 8.02. The van der Waals surface area contributed by atoms with Gasteiger partial charge >= 0.3 is 5.97 Å². The molecule has 22 heavy (non-hydrogen) atoms. The first-order chi connectivity index (χ1) is 10.5. The Bertz CT molecular complexity index is 749. The summed E-state index contributed by atoms with van der Waals surface area (Å²) in [6.07, 6.45) is 1.26. The van der Waals surface area contributed by atoms with Gasteiger partial charge in [0.25, 0.3) is 0 Å². The number of aromatic nitrogens is 1. The molecule has 2 aromatic rings. The van der Waals surface area contributed by atoms with Crippen molar-refractivity contribution in [1.82, 2.24) is 9.88 Å². The zero-order valence-corrected chi connectivity index (χ0v) is 13.1. The average molecular weight is 300 g/mol. The number of para-hydroxylation sites is 1. The third kappa shape index (κ3) is 2.00. The van der Waals surface area contributed by atoms with Crippen LogP contribution in [0.4, 0.5) is 0 Å². The minimum Gasteiger partial charge on any atom is -0.433 e. The molecule has 1 atom stereocenters. The summed E-state index contributed by atoms with van der Waals surface area (Å²) in [5, 5.41) is 1.13. The zero-order chi connectivity index (χ0) is 15.9. The van der Waals surface area contributed by atoms with Crippen LogP contribution in [0, 0.1) is 0 Å². The van der Waals surface area contributed by atoms with Crippen LogP contribution in [0.25, 0.3) is 10.9 Å². The number of benzene rings is 1. The van der Waals surface area contributed by atoms with E-state index in [1.165, 1.54) is 13.8 Å². The van der Waals surface area contributed by atoms with Crippen molar-refractivity contribution in [3.63, 3.8) is 0 Å². The third-order valence-electron chi connectivity index (χ3n) is 4.40. The van der Waals surface area contributed by atoms with E-state index in [1.54, 1.807) is 4.90 Å². The Hall–Kier alpha value is -2.30. The maximum Gasteiger partial charge on any atom is 0.305 e. The molecule has 1 unspecified atom stereocenters.